The Labute approximate surface area is 168 Å². The Morgan fingerprint density at radius 1 is 0.862 bits per heavy atom. The van der Waals surface area contributed by atoms with Gasteiger partial charge in [0.05, 0.1) is 18.1 Å². The van der Waals surface area contributed by atoms with E-state index in [2.05, 4.69) is 15.0 Å². The van der Waals surface area contributed by atoms with Crippen LogP contribution in [0.15, 0.2) is 73.4 Å². The molecule has 0 bridgehead atoms. The van der Waals surface area contributed by atoms with E-state index in [1.807, 2.05) is 49.4 Å². The van der Waals surface area contributed by atoms with Gasteiger partial charge in [-0.2, -0.15) is 0 Å². The number of hydrogen-bond donors (Lipinski definition) is 0. The SMILES string of the molecule is Cc1c(F)c(-c2ccccc2)c2c(c1-c1cnccn1)C2(C)Oc1cccnc1. The van der Waals surface area contributed by atoms with Crippen LogP contribution in [-0.2, 0) is 5.60 Å². The molecule has 2 heterocycles. The third-order valence-electron chi connectivity index (χ3n) is 5.40. The molecule has 4 aromatic rings. The smallest absolute Gasteiger partial charge is 0.159 e. The normalized spacial score (nSPS) is 16.9. The number of fused-ring (bicyclic) bond motifs is 1. The van der Waals surface area contributed by atoms with E-state index in [1.54, 1.807) is 37.9 Å². The lowest BCUT2D eigenvalue weighted by atomic mass is 9.97. The number of nitrogens with zero attached hydrogens (tertiary/aromatic N) is 3. The van der Waals surface area contributed by atoms with Crippen LogP contribution in [0.2, 0.25) is 0 Å². The van der Waals surface area contributed by atoms with E-state index in [0.717, 1.165) is 22.3 Å². The van der Waals surface area contributed by atoms with Crippen LogP contribution < -0.4 is 4.74 Å². The fourth-order valence-electron chi connectivity index (χ4n) is 4.05. The Morgan fingerprint density at radius 2 is 1.62 bits per heavy atom. The number of ether oxygens (including phenoxy) is 1. The molecule has 0 aliphatic heterocycles. The molecule has 0 spiro atoms. The van der Waals surface area contributed by atoms with Gasteiger partial charge in [0.1, 0.15) is 11.6 Å². The maximum absolute atomic E-state index is 15.7. The van der Waals surface area contributed by atoms with Gasteiger partial charge in [0.25, 0.3) is 0 Å². The van der Waals surface area contributed by atoms with Crippen LogP contribution in [0.5, 0.6) is 5.75 Å². The van der Waals surface area contributed by atoms with Crippen molar-refractivity contribution in [2.75, 3.05) is 0 Å². The molecule has 5 rings (SSSR count). The summed E-state index contributed by atoms with van der Waals surface area (Å²) in [5.74, 6) is 0.377. The zero-order valence-electron chi connectivity index (χ0n) is 16.1. The molecule has 2 aromatic carbocycles. The van der Waals surface area contributed by atoms with Crippen LogP contribution in [0.25, 0.3) is 22.4 Å². The Morgan fingerprint density at radius 3 is 2.31 bits per heavy atom. The van der Waals surface area contributed by atoms with Crippen LogP contribution in [-0.4, -0.2) is 15.0 Å². The van der Waals surface area contributed by atoms with Crippen LogP contribution in [0, 0.1) is 12.7 Å². The quantitative estimate of drug-likeness (QED) is 0.479. The summed E-state index contributed by atoms with van der Waals surface area (Å²) in [5, 5.41) is 0. The van der Waals surface area contributed by atoms with Crippen molar-refractivity contribution in [3.8, 4) is 28.1 Å². The predicted octanol–water partition coefficient (Wildman–Crippen LogP) is 5.31. The summed E-state index contributed by atoms with van der Waals surface area (Å²) in [5.41, 5.74) is 4.36. The van der Waals surface area contributed by atoms with E-state index < -0.39 is 5.60 Å². The second kappa shape index (κ2) is 6.48. The summed E-state index contributed by atoms with van der Waals surface area (Å²) < 4.78 is 22.0. The van der Waals surface area contributed by atoms with Crippen molar-refractivity contribution in [3.63, 3.8) is 0 Å². The van der Waals surface area contributed by atoms with E-state index in [-0.39, 0.29) is 5.82 Å². The molecule has 5 heteroatoms. The highest BCUT2D eigenvalue weighted by Crippen LogP contribution is 2.60. The lowest BCUT2D eigenvalue weighted by Crippen LogP contribution is -2.13. The molecule has 0 radical (unpaired) electrons. The topological polar surface area (TPSA) is 47.9 Å². The molecule has 1 atom stereocenters. The molecule has 2 aromatic heterocycles. The van der Waals surface area contributed by atoms with Gasteiger partial charge in [-0.05, 0) is 37.1 Å². The maximum Gasteiger partial charge on any atom is 0.159 e. The van der Waals surface area contributed by atoms with Gasteiger partial charge in [-0.3, -0.25) is 15.0 Å². The van der Waals surface area contributed by atoms with Crippen molar-refractivity contribution in [2.24, 2.45) is 0 Å². The Kier molecular flexibility index (Phi) is 3.91. The summed E-state index contributed by atoms with van der Waals surface area (Å²) in [7, 11) is 0. The van der Waals surface area contributed by atoms with Crippen molar-refractivity contribution < 1.29 is 9.13 Å². The molecule has 1 unspecified atom stereocenters. The molecule has 0 saturated heterocycles. The van der Waals surface area contributed by atoms with Crippen molar-refractivity contribution in [2.45, 2.75) is 19.4 Å². The number of halogens is 1. The first kappa shape index (κ1) is 17.5. The third kappa shape index (κ3) is 2.70. The monoisotopic (exact) mass is 383 g/mol. The van der Waals surface area contributed by atoms with E-state index >= 15 is 4.39 Å². The first-order valence-electron chi connectivity index (χ1n) is 9.39. The summed E-state index contributed by atoms with van der Waals surface area (Å²) in [6.07, 6.45) is 8.24. The lowest BCUT2D eigenvalue weighted by molar-refractivity contribution is 0.183. The van der Waals surface area contributed by atoms with Crippen molar-refractivity contribution in [3.05, 3.63) is 96.0 Å². The molecular formula is C24H18FN3O. The molecule has 142 valence electrons. The summed E-state index contributed by atoms with van der Waals surface area (Å²) in [6.45, 7) is 3.75. The van der Waals surface area contributed by atoms with Gasteiger partial charge in [0.15, 0.2) is 5.60 Å². The third-order valence-corrected chi connectivity index (χ3v) is 5.40. The lowest BCUT2D eigenvalue weighted by Gasteiger charge is -2.14. The number of benzene rings is 2. The molecule has 1 aliphatic rings. The summed E-state index contributed by atoms with van der Waals surface area (Å²) in [6, 6.07) is 13.3. The number of rotatable bonds is 4. The van der Waals surface area contributed by atoms with E-state index in [0.29, 0.717) is 22.6 Å². The van der Waals surface area contributed by atoms with Crippen molar-refractivity contribution in [1.29, 1.82) is 0 Å². The first-order chi connectivity index (χ1) is 14.1. The Hall–Kier alpha value is -3.60. The average Bonchev–Trinajstić information content (AvgIpc) is 3.34. The van der Waals surface area contributed by atoms with Gasteiger partial charge in [-0.1, -0.05) is 30.3 Å². The Bertz CT molecular complexity index is 1120. The second-order valence-corrected chi connectivity index (χ2v) is 7.22. The summed E-state index contributed by atoms with van der Waals surface area (Å²) >= 11 is 0. The number of hydrogen-bond acceptors (Lipinski definition) is 4. The average molecular weight is 383 g/mol. The number of pyridine rings is 1. The van der Waals surface area contributed by atoms with Crippen LogP contribution in [0.4, 0.5) is 4.39 Å². The standard InChI is InChI=1S/C24H18FN3O/c1-15-19(18-14-27-11-12-28-18)21-22(20(23(15)25)16-7-4-3-5-8-16)24(21,2)29-17-9-6-10-26-13-17/h3-14H,1-2H3. The molecule has 0 fully saturated rings. The second-order valence-electron chi connectivity index (χ2n) is 7.22. The van der Waals surface area contributed by atoms with Crippen LogP contribution >= 0.6 is 0 Å². The van der Waals surface area contributed by atoms with Gasteiger partial charge in [-0.15, -0.1) is 0 Å². The largest absolute Gasteiger partial charge is 0.476 e. The van der Waals surface area contributed by atoms with Crippen molar-refractivity contribution >= 4 is 0 Å². The van der Waals surface area contributed by atoms with Gasteiger partial charge in [-0.25, -0.2) is 4.39 Å². The van der Waals surface area contributed by atoms with Crippen LogP contribution in [0.3, 0.4) is 0 Å². The molecule has 1 aliphatic carbocycles. The Balaban J connectivity index is 1.76. The minimum atomic E-state index is -0.768. The zero-order valence-corrected chi connectivity index (χ0v) is 16.1. The van der Waals surface area contributed by atoms with E-state index in [9.17, 15) is 0 Å². The van der Waals surface area contributed by atoms with Gasteiger partial charge in [0, 0.05) is 40.8 Å². The highest BCUT2D eigenvalue weighted by molar-refractivity contribution is 5.89. The highest BCUT2D eigenvalue weighted by atomic mass is 19.1. The molecule has 0 N–H and O–H groups in total. The fourth-order valence-corrected chi connectivity index (χ4v) is 4.05. The molecule has 0 amide bonds. The van der Waals surface area contributed by atoms with Gasteiger partial charge < -0.3 is 4.74 Å². The fraction of sp³-hybridized carbons (Fsp3) is 0.125. The highest BCUT2D eigenvalue weighted by Gasteiger charge is 2.55. The summed E-state index contributed by atoms with van der Waals surface area (Å²) in [4.78, 5) is 12.7. The van der Waals surface area contributed by atoms with Gasteiger partial charge in [0.2, 0.25) is 0 Å². The minimum Gasteiger partial charge on any atom is -0.476 e. The number of aromatic nitrogens is 3. The van der Waals surface area contributed by atoms with Crippen molar-refractivity contribution in [1.82, 2.24) is 15.0 Å². The minimum absolute atomic E-state index is 0.255. The molecule has 29 heavy (non-hydrogen) atoms. The molecular weight excluding hydrogens is 365 g/mol. The maximum atomic E-state index is 15.7. The molecule has 4 nitrogen and oxygen atoms in total. The zero-order chi connectivity index (χ0) is 20.0. The van der Waals surface area contributed by atoms with E-state index in [1.165, 1.54) is 0 Å². The van der Waals surface area contributed by atoms with E-state index in [4.69, 9.17) is 4.74 Å². The first-order valence-corrected chi connectivity index (χ1v) is 9.39. The van der Waals surface area contributed by atoms with Crippen LogP contribution in [0.1, 0.15) is 23.6 Å². The predicted molar refractivity (Wildman–Crippen MR) is 109 cm³/mol. The van der Waals surface area contributed by atoms with Gasteiger partial charge >= 0.3 is 0 Å². The molecule has 0 saturated carbocycles.